The molecule has 0 unspecified atom stereocenters. The van der Waals surface area contributed by atoms with E-state index >= 15 is 0 Å². The van der Waals surface area contributed by atoms with Gasteiger partial charge in [-0.15, -0.1) is 11.6 Å². The van der Waals surface area contributed by atoms with Crippen LogP contribution < -0.4 is 5.32 Å². The molecule has 0 aromatic carbocycles. The van der Waals surface area contributed by atoms with Crippen LogP contribution in [-0.4, -0.2) is 43.5 Å². The molecular weight excluding hydrogens is 160 g/mol. The lowest BCUT2D eigenvalue weighted by molar-refractivity contribution is 0.303. The van der Waals surface area contributed by atoms with Crippen molar-refractivity contribution >= 4 is 11.6 Å². The molecule has 0 heterocycles. The number of nitrogens with zero attached hydrogens (tertiary/aromatic N) is 1. The van der Waals surface area contributed by atoms with Crippen LogP contribution in [0.4, 0.5) is 0 Å². The molecule has 2 nitrogen and oxygen atoms in total. The highest BCUT2D eigenvalue weighted by atomic mass is 35.5. The first-order valence-corrected chi connectivity index (χ1v) is 4.87. The number of hydrogen-bond acceptors (Lipinski definition) is 2. The Hall–Kier alpha value is 0.210. The Balaban J connectivity index is 3.07. The molecule has 0 aliphatic carbocycles. The van der Waals surface area contributed by atoms with Gasteiger partial charge < -0.3 is 10.2 Å². The van der Waals surface area contributed by atoms with E-state index in [4.69, 9.17) is 11.6 Å². The van der Waals surface area contributed by atoms with Crippen molar-refractivity contribution in [2.45, 2.75) is 13.8 Å². The zero-order valence-corrected chi connectivity index (χ0v) is 8.32. The first kappa shape index (κ1) is 11.2. The van der Waals surface area contributed by atoms with E-state index in [0.29, 0.717) is 5.88 Å². The molecule has 11 heavy (non-hydrogen) atoms. The maximum atomic E-state index is 5.51. The van der Waals surface area contributed by atoms with Crippen molar-refractivity contribution in [2.75, 3.05) is 38.6 Å². The highest BCUT2D eigenvalue weighted by Gasteiger charge is 1.95. The van der Waals surface area contributed by atoms with E-state index in [0.717, 1.165) is 32.7 Å². The molecule has 0 fully saturated rings. The third-order valence-corrected chi connectivity index (χ3v) is 1.96. The largest absolute Gasteiger partial charge is 0.314 e. The number of halogens is 1. The van der Waals surface area contributed by atoms with Crippen molar-refractivity contribution in [3.8, 4) is 0 Å². The summed E-state index contributed by atoms with van der Waals surface area (Å²) in [5, 5.41) is 3.26. The van der Waals surface area contributed by atoms with Gasteiger partial charge in [0.1, 0.15) is 0 Å². The van der Waals surface area contributed by atoms with Gasteiger partial charge in [0.2, 0.25) is 0 Å². The second-order valence-corrected chi connectivity index (χ2v) is 2.84. The first-order chi connectivity index (χ1) is 5.35. The first-order valence-electron chi connectivity index (χ1n) is 4.34. The maximum Gasteiger partial charge on any atom is 0.0348 e. The molecule has 0 aliphatic rings. The van der Waals surface area contributed by atoms with E-state index in [1.165, 1.54) is 0 Å². The summed E-state index contributed by atoms with van der Waals surface area (Å²) in [6, 6.07) is 0. The van der Waals surface area contributed by atoms with Crippen molar-refractivity contribution in [3.05, 3.63) is 0 Å². The summed E-state index contributed by atoms with van der Waals surface area (Å²) in [6.45, 7) is 9.75. The van der Waals surface area contributed by atoms with Crippen molar-refractivity contribution < 1.29 is 0 Å². The van der Waals surface area contributed by atoms with Crippen LogP contribution >= 0.6 is 11.6 Å². The fraction of sp³-hybridized carbons (Fsp3) is 1.00. The Morgan fingerprint density at radius 3 is 2.27 bits per heavy atom. The van der Waals surface area contributed by atoms with Crippen LogP contribution in [0.1, 0.15) is 13.8 Å². The fourth-order valence-electron chi connectivity index (χ4n) is 0.969. The molecule has 68 valence electrons. The number of alkyl halides is 1. The Morgan fingerprint density at radius 2 is 1.82 bits per heavy atom. The van der Waals surface area contributed by atoms with Crippen LogP contribution in [0, 0.1) is 0 Å². The number of rotatable bonds is 7. The third kappa shape index (κ3) is 6.60. The van der Waals surface area contributed by atoms with E-state index in [-0.39, 0.29) is 0 Å². The lowest BCUT2D eigenvalue weighted by atomic mass is 10.4. The topological polar surface area (TPSA) is 15.3 Å². The Labute approximate surface area is 74.9 Å². The van der Waals surface area contributed by atoms with Gasteiger partial charge in [-0.2, -0.15) is 0 Å². The van der Waals surface area contributed by atoms with Crippen LogP contribution in [0.15, 0.2) is 0 Å². The van der Waals surface area contributed by atoms with Crippen molar-refractivity contribution in [1.82, 2.24) is 10.2 Å². The smallest absolute Gasteiger partial charge is 0.0348 e. The van der Waals surface area contributed by atoms with Crippen LogP contribution in [0.25, 0.3) is 0 Å². The monoisotopic (exact) mass is 178 g/mol. The van der Waals surface area contributed by atoms with Gasteiger partial charge >= 0.3 is 0 Å². The van der Waals surface area contributed by atoms with E-state index in [9.17, 15) is 0 Å². The van der Waals surface area contributed by atoms with Crippen molar-refractivity contribution in [1.29, 1.82) is 0 Å². The minimum atomic E-state index is 0.707. The Bertz CT molecular complexity index is 74.5. The summed E-state index contributed by atoms with van der Waals surface area (Å²) in [6.07, 6.45) is 0. The lowest BCUT2D eigenvalue weighted by Gasteiger charge is -2.17. The summed E-state index contributed by atoms with van der Waals surface area (Å²) in [5.74, 6) is 0.707. The normalized spacial score (nSPS) is 10.9. The molecule has 0 rings (SSSR count). The number of nitrogens with one attached hydrogen (secondary N) is 1. The second-order valence-electron chi connectivity index (χ2n) is 2.47. The number of likely N-dealkylation sites (N-methyl/N-ethyl adjacent to an activating group) is 1. The second kappa shape index (κ2) is 8.31. The molecule has 0 bridgehead atoms. The SMILES string of the molecule is CCN(CC)CCNCCCl. The molecule has 0 amide bonds. The average molecular weight is 179 g/mol. The van der Waals surface area contributed by atoms with Gasteiger partial charge in [-0.25, -0.2) is 0 Å². The highest BCUT2D eigenvalue weighted by Crippen LogP contribution is 1.83. The minimum Gasteiger partial charge on any atom is -0.314 e. The van der Waals surface area contributed by atoms with Crippen LogP contribution in [0.5, 0.6) is 0 Å². The van der Waals surface area contributed by atoms with Gasteiger partial charge in [0.15, 0.2) is 0 Å². The minimum absolute atomic E-state index is 0.707. The summed E-state index contributed by atoms with van der Waals surface area (Å²) in [7, 11) is 0. The number of hydrogen-bond donors (Lipinski definition) is 1. The van der Waals surface area contributed by atoms with Crippen molar-refractivity contribution in [2.24, 2.45) is 0 Å². The van der Waals surface area contributed by atoms with Crippen molar-refractivity contribution in [3.63, 3.8) is 0 Å². The standard InChI is InChI=1S/C8H19ClN2/c1-3-11(4-2)8-7-10-6-5-9/h10H,3-8H2,1-2H3. The quantitative estimate of drug-likeness (QED) is 0.465. The molecule has 0 atom stereocenters. The molecule has 0 spiro atoms. The fourth-order valence-corrected chi connectivity index (χ4v) is 1.10. The molecule has 0 saturated carbocycles. The molecule has 3 heteroatoms. The van der Waals surface area contributed by atoms with E-state index in [1.54, 1.807) is 0 Å². The lowest BCUT2D eigenvalue weighted by Crippen LogP contribution is -2.32. The summed E-state index contributed by atoms with van der Waals surface area (Å²) >= 11 is 5.51. The summed E-state index contributed by atoms with van der Waals surface area (Å²) in [4.78, 5) is 2.39. The summed E-state index contributed by atoms with van der Waals surface area (Å²) in [5.41, 5.74) is 0. The van der Waals surface area contributed by atoms with Gasteiger partial charge in [-0.05, 0) is 13.1 Å². The van der Waals surface area contributed by atoms with Gasteiger partial charge in [0, 0.05) is 25.5 Å². The molecule has 0 aromatic heterocycles. The van der Waals surface area contributed by atoms with Gasteiger partial charge in [0.25, 0.3) is 0 Å². The predicted molar refractivity (Wildman–Crippen MR) is 51.4 cm³/mol. The van der Waals surface area contributed by atoms with E-state index in [1.807, 2.05) is 0 Å². The molecule has 1 N–H and O–H groups in total. The third-order valence-electron chi connectivity index (χ3n) is 1.77. The molecule has 0 radical (unpaired) electrons. The van der Waals surface area contributed by atoms with E-state index in [2.05, 4.69) is 24.1 Å². The van der Waals surface area contributed by atoms with Gasteiger partial charge in [-0.1, -0.05) is 13.8 Å². The molecule has 0 aliphatic heterocycles. The summed E-state index contributed by atoms with van der Waals surface area (Å²) < 4.78 is 0. The van der Waals surface area contributed by atoms with Gasteiger partial charge in [0.05, 0.1) is 0 Å². The Morgan fingerprint density at radius 1 is 1.18 bits per heavy atom. The molecular formula is C8H19ClN2. The van der Waals surface area contributed by atoms with Crippen LogP contribution in [0.3, 0.4) is 0 Å². The molecule has 0 saturated heterocycles. The highest BCUT2D eigenvalue weighted by molar-refractivity contribution is 6.18. The van der Waals surface area contributed by atoms with Gasteiger partial charge in [-0.3, -0.25) is 0 Å². The maximum absolute atomic E-state index is 5.51. The Kier molecular flexibility index (Phi) is 8.47. The van der Waals surface area contributed by atoms with Crippen LogP contribution in [0.2, 0.25) is 0 Å². The van der Waals surface area contributed by atoms with E-state index < -0.39 is 0 Å². The average Bonchev–Trinajstić information content (AvgIpc) is 2.05. The molecule has 0 aromatic rings. The predicted octanol–water partition coefficient (Wildman–Crippen LogP) is 1.16. The van der Waals surface area contributed by atoms with Crippen LogP contribution in [-0.2, 0) is 0 Å². The zero-order chi connectivity index (χ0) is 8.53. The zero-order valence-electron chi connectivity index (χ0n) is 7.57.